The third-order valence-corrected chi connectivity index (χ3v) is 3.97. The van der Waals surface area contributed by atoms with Crippen molar-refractivity contribution in [1.82, 2.24) is 0 Å². The van der Waals surface area contributed by atoms with Gasteiger partial charge < -0.3 is 9.84 Å². The summed E-state index contributed by atoms with van der Waals surface area (Å²) in [5.74, 6) is -1.07. The first-order valence-corrected chi connectivity index (χ1v) is 6.73. The van der Waals surface area contributed by atoms with Gasteiger partial charge in [-0.25, -0.2) is 4.79 Å². The van der Waals surface area contributed by atoms with Crippen molar-refractivity contribution in [3.8, 4) is 0 Å². The predicted octanol–water partition coefficient (Wildman–Crippen LogP) is 2.11. The third kappa shape index (κ3) is 2.95. The van der Waals surface area contributed by atoms with Crippen LogP contribution in [0.2, 0.25) is 0 Å². The number of hydrogen-bond acceptors (Lipinski definition) is 4. The molecule has 0 aliphatic carbocycles. The number of aliphatic hydroxyl groups excluding tert-OH is 1. The average molecular weight is 269 g/mol. The molecular formula is C13H18O4P+. The highest BCUT2D eigenvalue weighted by Gasteiger charge is 2.51. The van der Waals surface area contributed by atoms with E-state index in [9.17, 15) is 14.5 Å². The van der Waals surface area contributed by atoms with Crippen LogP contribution < -0.4 is 0 Å². The van der Waals surface area contributed by atoms with Crippen LogP contribution in [0, 0.1) is 0 Å². The molecular weight excluding hydrogens is 251 g/mol. The van der Waals surface area contributed by atoms with Gasteiger partial charge in [-0.3, -0.25) is 0 Å². The van der Waals surface area contributed by atoms with E-state index in [1.807, 2.05) is 18.2 Å². The van der Waals surface area contributed by atoms with Crippen LogP contribution in [0.1, 0.15) is 25.3 Å². The van der Waals surface area contributed by atoms with Crippen LogP contribution in [-0.2, 0) is 14.1 Å². The quantitative estimate of drug-likeness (QED) is 0.634. The van der Waals surface area contributed by atoms with Crippen LogP contribution >= 0.6 is 8.46 Å². The molecule has 0 radical (unpaired) electrons. The van der Waals surface area contributed by atoms with Gasteiger partial charge in [0.15, 0.2) is 0 Å². The SMILES string of the molecule is CCOC(=O)C(C)([PH+]=O)C(CO)c1ccccc1. The molecule has 0 aliphatic rings. The van der Waals surface area contributed by atoms with Gasteiger partial charge in [0.1, 0.15) is 0 Å². The van der Waals surface area contributed by atoms with Crippen LogP contribution in [0.5, 0.6) is 0 Å². The average Bonchev–Trinajstić information content (AvgIpc) is 2.40. The number of carbonyl (C=O) groups is 1. The summed E-state index contributed by atoms with van der Waals surface area (Å²) in [6.45, 7) is 3.23. The molecule has 0 bridgehead atoms. The lowest BCUT2D eigenvalue weighted by Gasteiger charge is -2.23. The highest BCUT2D eigenvalue weighted by Crippen LogP contribution is 2.39. The Morgan fingerprint density at radius 3 is 2.50 bits per heavy atom. The van der Waals surface area contributed by atoms with Crippen LogP contribution in [0.25, 0.3) is 0 Å². The minimum Gasteiger partial charge on any atom is -0.462 e. The van der Waals surface area contributed by atoms with Gasteiger partial charge in [0.2, 0.25) is 0 Å². The van der Waals surface area contributed by atoms with Crippen LogP contribution in [-0.4, -0.2) is 29.4 Å². The molecule has 18 heavy (non-hydrogen) atoms. The second kappa shape index (κ2) is 6.62. The molecule has 3 unspecified atom stereocenters. The molecule has 1 rings (SSSR count). The molecule has 1 aromatic carbocycles. The Morgan fingerprint density at radius 2 is 2.06 bits per heavy atom. The van der Waals surface area contributed by atoms with Crippen LogP contribution in [0.3, 0.4) is 0 Å². The summed E-state index contributed by atoms with van der Waals surface area (Å²) in [4.78, 5) is 11.9. The second-order valence-electron chi connectivity index (χ2n) is 4.17. The van der Waals surface area contributed by atoms with Crippen molar-refractivity contribution in [3.05, 3.63) is 35.9 Å². The highest BCUT2D eigenvalue weighted by molar-refractivity contribution is 7.27. The summed E-state index contributed by atoms with van der Waals surface area (Å²) in [5.41, 5.74) is 0.777. The Balaban J connectivity index is 3.11. The molecule has 0 amide bonds. The molecule has 5 heteroatoms. The molecule has 0 aromatic heterocycles. The molecule has 4 nitrogen and oxygen atoms in total. The van der Waals surface area contributed by atoms with Gasteiger partial charge in [-0.15, -0.1) is 0 Å². The van der Waals surface area contributed by atoms with E-state index in [4.69, 9.17) is 4.74 Å². The molecule has 0 spiro atoms. The molecule has 0 fully saturated rings. The smallest absolute Gasteiger partial charge is 0.361 e. The van der Waals surface area contributed by atoms with Gasteiger partial charge in [0.25, 0.3) is 5.16 Å². The summed E-state index contributed by atoms with van der Waals surface area (Å²) >= 11 is 0. The number of carbonyl (C=O) groups excluding carboxylic acids is 1. The fourth-order valence-electron chi connectivity index (χ4n) is 1.84. The van der Waals surface area contributed by atoms with E-state index >= 15 is 0 Å². The molecule has 3 atom stereocenters. The lowest BCUT2D eigenvalue weighted by molar-refractivity contribution is -0.146. The monoisotopic (exact) mass is 269 g/mol. The largest absolute Gasteiger partial charge is 0.462 e. The molecule has 1 aromatic rings. The first-order valence-electron chi connectivity index (χ1n) is 5.82. The minimum absolute atomic E-state index is 0.228. The summed E-state index contributed by atoms with van der Waals surface area (Å²) < 4.78 is 16.4. The zero-order valence-electron chi connectivity index (χ0n) is 10.6. The first-order chi connectivity index (χ1) is 8.60. The standard InChI is InChI=1S/C13H17O4P/c1-3-17-12(15)13(2,18-16)11(9-14)10-7-5-4-6-8-10/h4-8,11,14H,3,9H2,1-2H3/p+1. The van der Waals surface area contributed by atoms with Crippen molar-refractivity contribution in [2.24, 2.45) is 0 Å². The Hall–Kier alpha value is -1.25. The van der Waals surface area contributed by atoms with E-state index in [1.165, 1.54) is 0 Å². The summed E-state index contributed by atoms with van der Waals surface area (Å²) in [6.07, 6.45) is 0. The van der Waals surface area contributed by atoms with E-state index < -0.39 is 25.5 Å². The Morgan fingerprint density at radius 1 is 1.44 bits per heavy atom. The fraction of sp³-hybridized carbons (Fsp3) is 0.462. The topological polar surface area (TPSA) is 63.6 Å². The van der Waals surface area contributed by atoms with E-state index in [0.717, 1.165) is 5.56 Å². The van der Waals surface area contributed by atoms with Crippen molar-refractivity contribution < 1.29 is 19.2 Å². The lowest BCUT2D eigenvalue weighted by Crippen LogP contribution is -2.39. The number of benzene rings is 1. The Bertz CT molecular complexity index is 407. The van der Waals surface area contributed by atoms with Gasteiger partial charge in [-0.05, 0) is 19.4 Å². The van der Waals surface area contributed by atoms with Crippen molar-refractivity contribution in [3.63, 3.8) is 0 Å². The van der Waals surface area contributed by atoms with Crippen molar-refractivity contribution >= 4 is 14.4 Å². The number of ether oxygens (including phenoxy) is 1. The van der Waals surface area contributed by atoms with Crippen LogP contribution in [0.15, 0.2) is 30.3 Å². The van der Waals surface area contributed by atoms with Crippen molar-refractivity contribution in [2.75, 3.05) is 13.2 Å². The maximum absolute atomic E-state index is 11.9. The van der Waals surface area contributed by atoms with Crippen molar-refractivity contribution in [1.29, 1.82) is 0 Å². The number of rotatable bonds is 6. The molecule has 0 saturated carbocycles. The van der Waals surface area contributed by atoms with Gasteiger partial charge in [-0.2, -0.15) is 0 Å². The fourth-order valence-corrected chi connectivity index (χ4v) is 2.40. The summed E-state index contributed by atoms with van der Waals surface area (Å²) in [7, 11) is -0.880. The lowest BCUT2D eigenvalue weighted by atomic mass is 9.87. The maximum Gasteiger partial charge on any atom is 0.361 e. The molecule has 0 heterocycles. The van der Waals surface area contributed by atoms with Gasteiger partial charge in [0, 0.05) is 0 Å². The van der Waals surface area contributed by atoms with Crippen molar-refractivity contribution in [2.45, 2.75) is 24.9 Å². The Labute approximate surface area is 108 Å². The molecule has 0 saturated heterocycles. The number of esters is 1. The predicted molar refractivity (Wildman–Crippen MR) is 70.3 cm³/mol. The zero-order valence-corrected chi connectivity index (χ0v) is 11.6. The van der Waals surface area contributed by atoms with E-state index in [0.29, 0.717) is 0 Å². The van der Waals surface area contributed by atoms with Gasteiger partial charge >= 0.3 is 14.4 Å². The first kappa shape index (κ1) is 14.8. The number of hydrogen-bond donors (Lipinski definition) is 1. The van der Waals surface area contributed by atoms with Gasteiger partial charge in [0.05, 0.1) is 19.1 Å². The third-order valence-electron chi connectivity index (χ3n) is 2.99. The summed E-state index contributed by atoms with van der Waals surface area (Å²) in [6, 6.07) is 9.09. The minimum atomic E-state index is -1.22. The maximum atomic E-state index is 11.9. The molecule has 0 aliphatic heterocycles. The normalized spacial score (nSPS) is 15.9. The zero-order chi connectivity index (χ0) is 13.6. The second-order valence-corrected chi connectivity index (χ2v) is 5.41. The van der Waals surface area contributed by atoms with Crippen LogP contribution in [0.4, 0.5) is 0 Å². The Kier molecular flexibility index (Phi) is 5.45. The molecule has 1 N–H and O–H groups in total. The highest BCUT2D eigenvalue weighted by atomic mass is 31.1. The van der Waals surface area contributed by atoms with E-state index in [1.54, 1.807) is 26.0 Å². The molecule has 98 valence electrons. The number of aliphatic hydroxyl groups is 1. The van der Waals surface area contributed by atoms with E-state index in [2.05, 4.69) is 0 Å². The van der Waals surface area contributed by atoms with Gasteiger partial charge in [-0.1, -0.05) is 34.9 Å². The summed E-state index contributed by atoms with van der Waals surface area (Å²) in [5, 5.41) is 8.30. The van der Waals surface area contributed by atoms with E-state index in [-0.39, 0.29) is 13.2 Å².